The van der Waals surface area contributed by atoms with Crippen molar-refractivity contribution in [1.82, 2.24) is 15.5 Å². The third-order valence-corrected chi connectivity index (χ3v) is 2.82. The Labute approximate surface area is 80.2 Å². The normalized spacial score (nSPS) is 28.5. The average molecular weight is 181 g/mol. The fraction of sp³-hybridized carbons (Fsp3) is 0.800. The second-order valence-electron chi connectivity index (χ2n) is 3.84. The average Bonchev–Trinajstić information content (AvgIpc) is 2.69. The molecule has 0 aliphatic carbocycles. The van der Waals surface area contributed by atoms with E-state index in [2.05, 4.69) is 21.6 Å². The van der Waals surface area contributed by atoms with Gasteiger partial charge in [0, 0.05) is 39.3 Å². The van der Waals surface area contributed by atoms with Crippen molar-refractivity contribution in [2.24, 2.45) is 0 Å². The van der Waals surface area contributed by atoms with Crippen molar-refractivity contribution in [3.8, 4) is 0 Å². The maximum atomic E-state index is 3.37. The van der Waals surface area contributed by atoms with Gasteiger partial charge in [0.05, 0.1) is 0 Å². The van der Waals surface area contributed by atoms with Gasteiger partial charge in [-0.25, -0.2) is 0 Å². The Hall–Kier alpha value is -0.380. The van der Waals surface area contributed by atoms with Crippen molar-refractivity contribution >= 4 is 0 Å². The first-order valence-electron chi connectivity index (χ1n) is 5.27. The van der Waals surface area contributed by atoms with E-state index in [9.17, 15) is 0 Å². The molecule has 0 saturated carbocycles. The summed E-state index contributed by atoms with van der Waals surface area (Å²) in [5.41, 5.74) is 1.60. The van der Waals surface area contributed by atoms with Crippen LogP contribution in [0.3, 0.4) is 0 Å². The van der Waals surface area contributed by atoms with Gasteiger partial charge in [-0.2, -0.15) is 0 Å². The predicted octanol–water partition coefficient (Wildman–Crippen LogP) is -0.189. The summed E-state index contributed by atoms with van der Waals surface area (Å²) in [6.07, 6.45) is 3.66. The Bertz CT molecular complexity index is 175. The van der Waals surface area contributed by atoms with Crippen LogP contribution in [-0.2, 0) is 0 Å². The van der Waals surface area contributed by atoms with E-state index in [0.29, 0.717) is 0 Å². The van der Waals surface area contributed by atoms with Gasteiger partial charge in [0.1, 0.15) is 0 Å². The van der Waals surface area contributed by atoms with Crippen LogP contribution in [0, 0.1) is 0 Å². The third-order valence-electron chi connectivity index (χ3n) is 2.82. The highest BCUT2D eigenvalue weighted by atomic mass is 15.2. The van der Waals surface area contributed by atoms with E-state index in [1.807, 2.05) is 0 Å². The molecule has 2 aliphatic heterocycles. The van der Waals surface area contributed by atoms with Crippen LogP contribution in [0.5, 0.6) is 0 Å². The molecule has 2 aliphatic rings. The zero-order valence-electron chi connectivity index (χ0n) is 8.18. The summed E-state index contributed by atoms with van der Waals surface area (Å²) in [5, 5.41) is 6.73. The van der Waals surface area contributed by atoms with Crippen LogP contribution < -0.4 is 10.6 Å². The first-order chi connectivity index (χ1) is 6.45. The molecule has 0 unspecified atom stereocenters. The molecule has 0 radical (unpaired) electrons. The summed E-state index contributed by atoms with van der Waals surface area (Å²) in [5.74, 6) is 0. The maximum absolute atomic E-state index is 3.37. The van der Waals surface area contributed by atoms with E-state index in [-0.39, 0.29) is 0 Å². The highest BCUT2D eigenvalue weighted by Gasteiger charge is 2.09. The van der Waals surface area contributed by atoms with Gasteiger partial charge in [0.25, 0.3) is 0 Å². The van der Waals surface area contributed by atoms with E-state index in [0.717, 1.165) is 26.2 Å². The first kappa shape index (κ1) is 9.19. The van der Waals surface area contributed by atoms with Crippen molar-refractivity contribution in [3.05, 3.63) is 11.6 Å². The first-order valence-corrected chi connectivity index (χ1v) is 5.27. The molecule has 2 rings (SSSR count). The minimum atomic E-state index is 1.12. The van der Waals surface area contributed by atoms with Crippen LogP contribution >= 0.6 is 0 Å². The lowest BCUT2D eigenvalue weighted by molar-refractivity contribution is 0.264. The van der Waals surface area contributed by atoms with Gasteiger partial charge < -0.3 is 10.6 Å². The Kier molecular flexibility index (Phi) is 3.35. The molecule has 74 valence electrons. The van der Waals surface area contributed by atoms with Crippen LogP contribution in [0.2, 0.25) is 0 Å². The lowest BCUT2D eigenvalue weighted by Gasteiger charge is -2.26. The highest BCUT2D eigenvalue weighted by Crippen LogP contribution is 2.05. The number of rotatable bonds is 2. The molecule has 0 spiro atoms. The monoisotopic (exact) mass is 181 g/mol. The second kappa shape index (κ2) is 4.74. The molecule has 0 amide bonds. The lowest BCUT2D eigenvalue weighted by Crippen LogP contribution is -2.43. The zero-order valence-corrected chi connectivity index (χ0v) is 8.18. The lowest BCUT2D eigenvalue weighted by atomic mass is 10.2. The van der Waals surface area contributed by atoms with Gasteiger partial charge in [-0.1, -0.05) is 11.6 Å². The Morgan fingerprint density at radius 1 is 1.15 bits per heavy atom. The molecule has 0 atom stereocenters. The van der Waals surface area contributed by atoms with Crippen molar-refractivity contribution < 1.29 is 0 Å². The summed E-state index contributed by atoms with van der Waals surface area (Å²) >= 11 is 0. The highest BCUT2D eigenvalue weighted by molar-refractivity contribution is 5.09. The fourth-order valence-electron chi connectivity index (χ4n) is 1.91. The molecular formula is C10H19N3. The fourth-order valence-corrected chi connectivity index (χ4v) is 1.91. The van der Waals surface area contributed by atoms with Crippen molar-refractivity contribution in [2.75, 3.05) is 45.8 Å². The van der Waals surface area contributed by atoms with Gasteiger partial charge in [0.15, 0.2) is 0 Å². The summed E-state index contributed by atoms with van der Waals surface area (Å²) < 4.78 is 0. The molecule has 2 N–H and O–H groups in total. The summed E-state index contributed by atoms with van der Waals surface area (Å²) in [6, 6.07) is 0. The molecule has 0 aromatic heterocycles. The predicted molar refractivity (Wildman–Crippen MR) is 54.9 cm³/mol. The largest absolute Gasteiger partial charge is 0.314 e. The van der Waals surface area contributed by atoms with Crippen molar-refractivity contribution in [1.29, 1.82) is 0 Å². The van der Waals surface area contributed by atoms with E-state index >= 15 is 0 Å². The molecule has 2 saturated heterocycles. The van der Waals surface area contributed by atoms with Gasteiger partial charge >= 0.3 is 0 Å². The van der Waals surface area contributed by atoms with E-state index < -0.39 is 0 Å². The molecule has 3 heteroatoms. The van der Waals surface area contributed by atoms with E-state index in [1.165, 1.54) is 26.1 Å². The Morgan fingerprint density at radius 2 is 2.00 bits per heavy atom. The molecule has 3 nitrogen and oxygen atoms in total. The number of nitrogens with one attached hydrogen (secondary N) is 2. The third kappa shape index (κ3) is 2.79. The molecular weight excluding hydrogens is 162 g/mol. The van der Waals surface area contributed by atoms with Crippen LogP contribution in [0.25, 0.3) is 0 Å². The molecule has 2 heterocycles. The minimum Gasteiger partial charge on any atom is -0.314 e. The van der Waals surface area contributed by atoms with Gasteiger partial charge in [-0.15, -0.1) is 0 Å². The molecule has 0 aromatic carbocycles. The molecule has 0 aromatic rings. The molecule has 2 fully saturated rings. The van der Waals surface area contributed by atoms with Crippen LogP contribution in [0.15, 0.2) is 11.6 Å². The van der Waals surface area contributed by atoms with Gasteiger partial charge in [-0.3, -0.25) is 4.90 Å². The standard InChI is InChI=1S/C10H19N3/c1-3-12-9-10(1)2-6-13-7-4-11-5-8-13/h2,11-12H,1,3-9H2/b10-2+. The van der Waals surface area contributed by atoms with Gasteiger partial charge in [-0.05, 0) is 13.0 Å². The van der Waals surface area contributed by atoms with Gasteiger partial charge in [0.2, 0.25) is 0 Å². The van der Waals surface area contributed by atoms with E-state index in [4.69, 9.17) is 0 Å². The number of hydrogen-bond donors (Lipinski definition) is 2. The number of piperazine rings is 1. The minimum absolute atomic E-state index is 1.12. The van der Waals surface area contributed by atoms with Crippen molar-refractivity contribution in [3.63, 3.8) is 0 Å². The number of nitrogens with zero attached hydrogens (tertiary/aromatic N) is 1. The Balaban J connectivity index is 1.73. The molecule has 13 heavy (non-hydrogen) atoms. The van der Waals surface area contributed by atoms with Crippen LogP contribution in [0.4, 0.5) is 0 Å². The Morgan fingerprint density at radius 3 is 2.69 bits per heavy atom. The SMILES string of the molecule is C(/CN1CCNCC1)=C1/CCNC1. The topological polar surface area (TPSA) is 27.3 Å². The van der Waals surface area contributed by atoms with E-state index in [1.54, 1.807) is 5.57 Å². The smallest absolute Gasteiger partial charge is 0.0167 e. The second-order valence-corrected chi connectivity index (χ2v) is 3.84. The quantitative estimate of drug-likeness (QED) is 0.578. The summed E-state index contributed by atoms with van der Waals surface area (Å²) in [7, 11) is 0. The number of hydrogen-bond acceptors (Lipinski definition) is 3. The van der Waals surface area contributed by atoms with Crippen molar-refractivity contribution in [2.45, 2.75) is 6.42 Å². The molecule has 0 bridgehead atoms. The maximum Gasteiger partial charge on any atom is 0.0167 e. The summed E-state index contributed by atoms with van der Waals surface area (Å²) in [6.45, 7) is 8.16. The summed E-state index contributed by atoms with van der Waals surface area (Å²) in [4.78, 5) is 2.52. The van der Waals surface area contributed by atoms with Crippen LogP contribution in [-0.4, -0.2) is 50.7 Å². The zero-order chi connectivity index (χ0) is 8.93. The van der Waals surface area contributed by atoms with Crippen LogP contribution in [0.1, 0.15) is 6.42 Å².